The summed E-state index contributed by atoms with van der Waals surface area (Å²) in [6, 6.07) is 14.4. The number of anilines is 3. The Hall–Kier alpha value is -4.37. The number of benzene rings is 2. The van der Waals surface area contributed by atoms with Crippen molar-refractivity contribution in [1.82, 2.24) is 19.9 Å². The molecule has 1 atom stereocenters. The van der Waals surface area contributed by atoms with Gasteiger partial charge in [0.25, 0.3) is 0 Å². The van der Waals surface area contributed by atoms with E-state index in [0.717, 1.165) is 19.5 Å². The monoisotopic (exact) mass is 510 g/mol. The molecule has 0 spiro atoms. The van der Waals surface area contributed by atoms with Crippen LogP contribution in [0.5, 0.6) is 5.75 Å². The van der Waals surface area contributed by atoms with E-state index in [0.29, 0.717) is 51.1 Å². The van der Waals surface area contributed by atoms with Gasteiger partial charge in [-0.25, -0.2) is 14.4 Å². The van der Waals surface area contributed by atoms with Gasteiger partial charge < -0.3 is 15.4 Å². The lowest BCUT2D eigenvalue weighted by molar-refractivity contribution is -0.111. The molecule has 2 N–H and O–H groups in total. The highest BCUT2D eigenvalue weighted by molar-refractivity contribution is 6.03. The predicted octanol–water partition coefficient (Wildman–Crippen LogP) is 5.31. The van der Waals surface area contributed by atoms with Crippen molar-refractivity contribution in [3.63, 3.8) is 0 Å². The number of carbonyl (C=O) groups is 1. The smallest absolute Gasteiger partial charge is 0.247 e. The number of nitrogens with zero attached hydrogens (tertiary/aromatic N) is 4. The fourth-order valence-corrected chi connectivity index (χ4v) is 4.82. The first-order valence-electron chi connectivity index (χ1n) is 12.7. The van der Waals surface area contributed by atoms with Crippen LogP contribution in [0.25, 0.3) is 22.2 Å². The number of fused-ring (bicyclic) bond motifs is 1. The van der Waals surface area contributed by atoms with Gasteiger partial charge in [0.15, 0.2) is 0 Å². The van der Waals surface area contributed by atoms with Crippen LogP contribution in [0.1, 0.15) is 19.3 Å². The first-order chi connectivity index (χ1) is 18.6. The van der Waals surface area contributed by atoms with Gasteiger partial charge in [0.2, 0.25) is 5.91 Å². The number of hydrogen-bond donors (Lipinski definition) is 2. The molecule has 9 heteroatoms. The molecule has 6 rings (SSSR count). The van der Waals surface area contributed by atoms with Gasteiger partial charge in [-0.3, -0.25) is 14.7 Å². The maximum absolute atomic E-state index is 14.3. The van der Waals surface area contributed by atoms with Crippen LogP contribution in [0.4, 0.5) is 21.6 Å². The van der Waals surface area contributed by atoms with Crippen LogP contribution >= 0.6 is 0 Å². The maximum Gasteiger partial charge on any atom is 0.247 e. The summed E-state index contributed by atoms with van der Waals surface area (Å²) in [5.41, 5.74) is 2.77. The molecule has 1 saturated carbocycles. The number of carbonyl (C=O) groups excluding carboxylic acids is 1. The van der Waals surface area contributed by atoms with E-state index in [-0.39, 0.29) is 17.8 Å². The second-order valence-corrected chi connectivity index (χ2v) is 9.57. The Morgan fingerprint density at radius 3 is 2.79 bits per heavy atom. The number of aromatic nitrogens is 3. The molecule has 0 radical (unpaired) electrons. The van der Waals surface area contributed by atoms with Crippen LogP contribution in [-0.2, 0) is 4.79 Å². The highest BCUT2D eigenvalue weighted by Crippen LogP contribution is 2.36. The van der Waals surface area contributed by atoms with Gasteiger partial charge in [-0.1, -0.05) is 18.7 Å². The van der Waals surface area contributed by atoms with E-state index in [1.807, 2.05) is 6.07 Å². The SMILES string of the molecule is C=CC(=O)Nc1cc2c(Nc3ccnc(-c4ccccc4F)c3)ncnc2cc1O[C@@H]1CCN(C2CC2)C1. The lowest BCUT2D eigenvalue weighted by Crippen LogP contribution is -2.26. The van der Waals surface area contributed by atoms with Crippen molar-refractivity contribution in [2.24, 2.45) is 0 Å². The zero-order valence-corrected chi connectivity index (χ0v) is 20.7. The van der Waals surface area contributed by atoms with Gasteiger partial charge in [-0.05, 0) is 55.7 Å². The fourth-order valence-electron chi connectivity index (χ4n) is 4.82. The van der Waals surface area contributed by atoms with Gasteiger partial charge in [-0.2, -0.15) is 0 Å². The minimum Gasteiger partial charge on any atom is -0.487 e. The number of halogens is 1. The molecular weight excluding hydrogens is 483 g/mol. The van der Waals surface area contributed by atoms with Crippen molar-refractivity contribution in [2.75, 3.05) is 23.7 Å². The van der Waals surface area contributed by atoms with Crippen molar-refractivity contribution in [3.05, 3.63) is 79.5 Å². The molecule has 1 saturated heterocycles. The lowest BCUT2D eigenvalue weighted by Gasteiger charge is -2.19. The van der Waals surface area contributed by atoms with Gasteiger partial charge >= 0.3 is 0 Å². The quantitative estimate of drug-likeness (QED) is 0.310. The molecular formula is C29H27FN6O2. The zero-order chi connectivity index (χ0) is 26.1. The number of rotatable bonds is 8. The second kappa shape index (κ2) is 10.2. The summed E-state index contributed by atoms with van der Waals surface area (Å²) < 4.78 is 20.7. The summed E-state index contributed by atoms with van der Waals surface area (Å²) in [5.74, 6) is 0.408. The highest BCUT2D eigenvalue weighted by Gasteiger charge is 2.35. The molecule has 1 aliphatic carbocycles. The Labute approximate surface area is 219 Å². The Morgan fingerprint density at radius 2 is 1.97 bits per heavy atom. The van der Waals surface area contributed by atoms with Crippen LogP contribution in [0.2, 0.25) is 0 Å². The van der Waals surface area contributed by atoms with Gasteiger partial charge in [-0.15, -0.1) is 0 Å². The Kier molecular flexibility index (Phi) is 6.43. The average molecular weight is 511 g/mol. The van der Waals surface area contributed by atoms with Crippen LogP contribution in [-0.4, -0.2) is 51.0 Å². The number of amides is 1. The molecule has 1 amide bonds. The van der Waals surface area contributed by atoms with E-state index < -0.39 is 0 Å². The summed E-state index contributed by atoms with van der Waals surface area (Å²) in [5, 5.41) is 6.85. The number of hydrogen-bond acceptors (Lipinski definition) is 7. The van der Waals surface area contributed by atoms with Gasteiger partial charge in [0.1, 0.15) is 29.8 Å². The summed E-state index contributed by atoms with van der Waals surface area (Å²) in [4.78, 5) is 27.9. The Bertz CT molecular complexity index is 1520. The largest absolute Gasteiger partial charge is 0.487 e. The standard InChI is InChI=1S/C29H27FN6O2/c1-2-28(37)35-26-14-22-25(15-27(26)38-20-10-12-36(16-20)19-7-8-19)32-17-33-29(22)34-18-9-11-31-24(13-18)21-5-3-4-6-23(21)30/h2-6,9,11,13-15,17,19-20H,1,7-8,10,12,16H2,(H,35,37)(H,31,32,33,34)/t20-/m1/s1. The minimum atomic E-state index is -0.345. The van der Waals surface area contributed by atoms with E-state index in [1.165, 1.54) is 31.3 Å². The fraction of sp³-hybridized carbons (Fsp3) is 0.241. The first kappa shape index (κ1) is 24.0. The number of likely N-dealkylation sites (tertiary alicyclic amines) is 1. The third kappa shape index (κ3) is 5.05. The molecule has 3 heterocycles. The molecule has 1 aliphatic heterocycles. The van der Waals surface area contributed by atoms with E-state index in [4.69, 9.17) is 4.74 Å². The Morgan fingerprint density at radius 1 is 1.11 bits per heavy atom. The maximum atomic E-state index is 14.3. The Balaban J connectivity index is 1.32. The van der Waals surface area contributed by atoms with Crippen LogP contribution in [0, 0.1) is 5.82 Å². The second-order valence-electron chi connectivity index (χ2n) is 9.57. The molecule has 0 bridgehead atoms. The van der Waals surface area contributed by atoms with Crippen molar-refractivity contribution in [1.29, 1.82) is 0 Å². The molecule has 2 aromatic carbocycles. The predicted molar refractivity (Wildman–Crippen MR) is 145 cm³/mol. The van der Waals surface area contributed by atoms with E-state index in [1.54, 1.807) is 42.6 Å². The first-order valence-corrected chi connectivity index (χ1v) is 12.7. The highest BCUT2D eigenvalue weighted by atomic mass is 19.1. The van der Waals surface area contributed by atoms with Crippen molar-refractivity contribution in [2.45, 2.75) is 31.4 Å². The van der Waals surface area contributed by atoms with Crippen molar-refractivity contribution >= 4 is 34.0 Å². The summed E-state index contributed by atoms with van der Waals surface area (Å²) in [7, 11) is 0. The minimum absolute atomic E-state index is 0.0421. The normalized spacial score (nSPS) is 17.3. The molecule has 192 valence electrons. The topological polar surface area (TPSA) is 92.3 Å². The molecule has 0 unspecified atom stereocenters. The van der Waals surface area contributed by atoms with E-state index in [2.05, 4.69) is 37.1 Å². The molecule has 2 aromatic heterocycles. The number of nitrogens with one attached hydrogen (secondary N) is 2. The third-order valence-electron chi connectivity index (χ3n) is 6.89. The zero-order valence-electron chi connectivity index (χ0n) is 20.7. The summed E-state index contributed by atoms with van der Waals surface area (Å²) in [6.07, 6.45) is 7.80. The lowest BCUT2D eigenvalue weighted by atomic mass is 10.1. The van der Waals surface area contributed by atoms with Gasteiger partial charge in [0, 0.05) is 48.0 Å². The average Bonchev–Trinajstić information content (AvgIpc) is 3.68. The molecule has 2 fully saturated rings. The molecule has 8 nitrogen and oxygen atoms in total. The third-order valence-corrected chi connectivity index (χ3v) is 6.89. The number of pyridine rings is 1. The molecule has 4 aromatic rings. The van der Waals surface area contributed by atoms with Crippen molar-refractivity contribution < 1.29 is 13.9 Å². The van der Waals surface area contributed by atoms with E-state index >= 15 is 0 Å². The molecule has 2 aliphatic rings. The van der Waals surface area contributed by atoms with Crippen LogP contribution in [0.15, 0.2) is 73.7 Å². The van der Waals surface area contributed by atoms with Crippen molar-refractivity contribution in [3.8, 4) is 17.0 Å². The van der Waals surface area contributed by atoms with Crippen LogP contribution < -0.4 is 15.4 Å². The molecule has 38 heavy (non-hydrogen) atoms. The summed E-state index contributed by atoms with van der Waals surface area (Å²) in [6.45, 7) is 5.47. The number of ether oxygens (including phenoxy) is 1. The van der Waals surface area contributed by atoms with E-state index in [9.17, 15) is 9.18 Å². The van der Waals surface area contributed by atoms with Crippen LogP contribution in [0.3, 0.4) is 0 Å². The summed E-state index contributed by atoms with van der Waals surface area (Å²) >= 11 is 0. The van der Waals surface area contributed by atoms with Gasteiger partial charge in [0.05, 0.1) is 16.9 Å².